The molecule has 0 unspecified atom stereocenters. The summed E-state index contributed by atoms with van der Waals surface area (Å²) in [5.74, 6) is 0. The summed E-state index contributed by atoms with van der Waals surface area (Å²) < 4.78 is 0. The lowest BCUT2D eigenvalue weighted by molar-refractivity contribution is 0.866. The Morgan fingerprint density at radius 1 is 0.667 bits per heavy atom. The third kappa shape index (κ3) is 4.56. The van der Waals surface area contributed by atoms with Crippen LogP contribution < -0.4 is 9.91 Å². The van der Waals surface area contributed by atoms with E-state index in [1.165, 1.54) is 5.69 Å². The van der Waals surface area contributed by atoms with Crippen molar-refractivity contribution in [2.24, 2.45) is 5.10 Å². The maximum absolute atomic E-state index is 4.94. The minimum absolute atomic E-state index is 0.980. The first-order valence-corrected chi connectivity index (χ1v) is 9.53. The van der Waals surface area contributed by atoms with Gasteiger partial charge in [0.2, 0.25) is 0 Å². The van der Waals surface area contributed by atoms with Gasteiger partial charge in [-0.3, -0.25) is 0 Å². The molecule has 138 valence electrons. The van der Waals surface area contributed by atoms with Gasteiger partial charge in [0.25, 0.3) is 0 Å². The Morgan fingerprint density at radius 3 is 1.59 bits per heavy atom. The van der Waals surface area contributed by atoms with Gasteiger partial charge in [-0.05, 0) is 62.7 Å². The molecule has 3 rings (SSSR count). The Balaban J connectivity index is 1.93. The fraction of sp³-hybridized carbons (Fsp3) is 0.208. The molecule has 0 N–H and O–H groups in total. The van der Waals surface area contributed by atoms with Gasteiger partial charge in [0.05, 0.1) is 17.1 Å². The van der Waals surface area contributed by atoms with Gasteiger partial charge in [0.1, 0.15) is 0 Å². The first-order chi connectivity index (χ1) is 13.2. The van der Waals surface area contributed by atoms with Crippen molar-refractivity contribution < 1.29 is 0 Å². The minimum atomic E-state index is 0.980. The molecule has 0 aliphatic heterocycles. The predicted octanol–water partition coefficient (Wildman–Crippen LogP) is 6.10. The molecular weight excluding hydrogens is 330 g/mol. The monoisotopic (exact) mass is 357 g/mol. The van der Waals surface area contributed by atoms with E-state index in [-0.39, 0.29) is 0 Å². The molecule has 0 bridgehead atoms. The summed E-state index contributed by atoms with van der Waals surface area (Å²) in [6.07, 6.45) is 0. The summed E-state index contributed by atoms with van der Waals surface area (Å²) in [5, 5.41) is 6.93. The van der Waals surface area contributed by atoms with E-state index in [2.05, 4.69) is 74.2 Å². The normalized spacial score (nSPS) is 11.3. The van der Waals surface area contributed by atoms with E-state index >= 15 is 0 Å². The number of nitrogens with zero attached hydrogens (tertiary/aromatic N) is 3. The second kappa shape index (κ2) is 9.04. The highest BCUT2D eigenvalue weighted by Gasteiger charge is 2.09. The molecule has 0 aliphatic rings. The van der Waals surface area contributed by atoms with Gasteiger partial charge in [-0.15, -0.1) is 0 Å². The molecule has 0 fully saturated rings. The average Bonchev–Trinajstić information content (AvgIpc) is 2.74. The van der Waals surface area contributed by atoms with Crippen molar-refractivity contribution >= 4 is 22.8 Å². The third-order valence-corrected chi connectivity index (χ3v) is 4.67. The highest BCUT2D eigenvalue weighted by atomic mass is 15.5. The number of hydrazone groups is 1. The van der Waals surface area contributed by atoms with Crippen LogP contribution in [0, 0.1) is 0 Å². The van der Waals surface area contributed by atoms with Crippen molar-refractivity contribution in [2.45, 2.75) is 20.8 Å². The number of benzene rings is 3. The van der Waals surface area contributed by atoms with Crippen LogP contribution in [-0.4, -0.2) is 18.8 Å². The molecule has 3 aromatic carbocycles. The van der Waals surface area contributed by atoms with Crippen LogP contribution in [0.4, 0.5) is 17.1 Å². The van der Waals surface area contributed by atoms with E-state index in [0.717, 1.165) is 35.7 Å². The molecule has 0 atom stereocenters. The Kier molecular flexibility index (Phi) is 6.26. The third-order valence-electron chi connectivity index (χ3n) is 4.67. The molecular formula is C24H27N3. The lowest BCUT2D eigenvalue weighted by atomic mass is 10.1. The van der Waals surface area contributed by atoms with Gasteiger partial charge < -0.3 is 4.90 Å². The van der Waals surface area contributed by atoms with E-state index in [1.807, 2.05) is 41.4 Å². The molecule has 0 amide bonds. The largest absolute Gasteiger partial charge is 0.372 e. The van der Waals surface area contributed by atoms with Crippen LogP contribution >= 0.6 is 0 Å². The lowest BCUT2D eigenvalue weighted by Gasteiger charge is -2.22. The first-order valence-electron chi connectivity index (χ1n) is 9.53. The molecule has 0 heterocycles. The zero-order valence-electron chi connectivity index (χ0n) is 16.3. The van der Waals surface area contributed by atoms with Gasteiger partial charge >= 0.3 is 0 Å². The molecule has 27 heavy (non-hydrogen) atoms. The van der Waals surface area contributed by atoms with Crippen LogP contribution in [0.15, 0.2) is 90.0 Å². The highest BCUT2D eigenvalue weighted by Crippen LogP contribution is 2.26. The molecule has 3 nitrogen and oxygen atoms in total. The van der Waals surface area contributed by atoms with Gasteiger partial charge in [-0.2, -0.15) is 5.10 Å². The quantitative estimate of drug-likeness (QED) is 0.376. The van der Waals surface area contributed by atoms with Crippen LogP contribution in [0.25, 0.3) is 0 Å². The minimum Gasteiger partial charge on any atom is -0.372 e. The van der Waals surface area contributed by atoms with Crippen LogP contribution in [0.2, 0.25) is 0 Å². The second-order valence-corrected chi connectivity index (χ2v) is 6.39. The van der Waals surface area contributed by atoms with Crippen molar-refractivity contribution in [1.82, 2.24) is 0 Å². The van der Waals surface area contributed by atoms with Crippen LogP contribution in [0.5, 0.6) is 0 Å². The number of hydrogen-bond donors (Lipinski definition) is 0. The summed E-state index contributed by atoms with van der Waals surface area (Å²) in [5.41, 5.74) is 5.45. The number of hydrogen-bond acceptors (Lipinski definition) is 3. The molecule has 0 saturated heterocycles. The summed E-state index contributed by atoms with van der Waals surface area (Å²) in [4.78, 5) is 2.34. The van der Waals surface area contributed by atoms with E-state index in [4.69, 9.17) is 5.10 Å². The first kappa shape index (κ1) is 18.7. The van der Waals surface area contributed by atoms with Crippen LogP contribution in [-0.2, 0) is 0 Å². The van der Waals surface area contributed by atoms with Gasteiger partial charge in [0.15, 0.2) is 0 Å². The topological polar surface area (TPSA) is 18.8 Å². The molecule has 0 spiro atoms. The molecule has 3 heteroatoms. The number of para-hydroxylation sites is 2. The van der Waals surface area contributed by atoms with Gasteiger partial charge in [-0.1, -0.05) is 48.5 Å². The maximum atomic E-state index is 4.94. The molecule has 0 saturated carbocycles. The predicted molar refractivity (Wildman–Crippen MR) is 117 cm³/mol. The Morgan fingerprint density at radius 2 is 1.15 bits per heavy atom. The van der Waals surface area contributed by atoms with Crippen LogP contribution in [0.1, 0.15) is 26.3 Å². The zero-order valence-corrected chi connectivity index (χ0v) is 16.3. The Hall–Kier alpha value is -3.07. The smallest absolute Gasteiger partial charge is 0.0655 e. The van der Waals surface area contributed by atoms with Gasteiger partial charge in [0, 0.05) is 18.8 Å². The summed E-state index contributed by atoms with van der Waals surface area (Å²) in [6.45, 7) is 8.45. The van der Waals surface area contributed by atoms with Crippen molar-refractivity contribution in [3.63, 3.8) is 0 Å². The van der Waals surface area contributed by atoms with E-state index in [9.17, 15) is 0 Å². The van der Waals surface area contributed by atoms with Crippen molar-refractivity contribution in [3.05, 3.63) is 90.5 Å². The van der Waals surface area contributed by atoms with Crippen molar-refractivity contribution in [2.75, 3.05) is 23.0 Å². The Bertz CT molecular complexity index is 812. The molecule has 0 radical (unpaired) electrons. The van der Waals surface area contributed by atoms with Crippen molar-refractivity contribution in [1.29, 1.82) is 0 Å². The molecule has 0 aliphatic carbocycles. The zero-order chi connectivity index (χ0) is 19.1. The highest BCUT2D eigenvalue weighted by molar-refractivity contribution is 6.00. The Labute approximate surface area is 162 Å². The molecule has 3 aromatic rings. The van der Waals surface area contributed by atoms with E-state index in [1.54, 1.807) is 0 Å². The number of rotatable bonds is 7. The van der Waals surface area contributed by atoms with E-state index in [0.29, 0.717) is 0 Å². The fourth-order valence-corrected chi connectivity index (χ4v) is 3.11. The van der Waals surface area contributed by atoms with Crippen molar-refractivity contribution in [3.8, 4) is 0 Å². The average molecular weight is 358 g/mol. The molecule has 0 aromatic heterocycles. The summed E-state index contributed by atoms with van der Waals surface area (Å²) in [7, 11) is 0. The second-order valence-electron chi connectivity index (χ2n) is 6.39. The van der Waals surface area contributed by atoms with Crippen LogP contribution in [0.3, 0.4) is 0 Å². The standard InChI is InChI=1S/C24H27N3/c1-4-26(5-2)22-18-16-21(17-19-22)20(3)25-27(23-12-8-6-9-13-23)24-14-10-7-11-15-24/h6-19H,4-5H2,1-3H3/b25-20+. The SMILES string of the molecule is CCN(CC)c1ccc(/C(C)=N/N(c2ccccc2)c2ccccc2)cc1. The van der Waals surface area contributed by atoms with E-state index < -0.39 is 0 Å². The summed E-state index contributed by atoms with van der Waals surface area (Å²) >= 11 is 0. The van der Waals surface area contributed by atoms with Gasteiger partial charge in [-0.25, -0.2) is 5.01 Å². The fourth-order valence-electron chi connectivity index (χ4n) is 3.11. The lowest BCUT2D eigenvalue weighted by Crippen LogP contribution is -2.21. The number of anilines is 3. The summed E-state index contributed by atoms with van der Waals surface area (Å²) in [6, 6.07) is 29.2. The maximum Gasteiger partial charge on any atom is 0.0655 e.